The van der Waals surface area contributed by atoms with Crippen molar-refractivity contribution in [1.29, 1.82) is 0 Å². The van der Waals surface area contributed by atoms with Gasteiger partial charge >= 0.3 is 12.0 Å². The van der Waals surface area contributed by atoms with Gasteiger partial charge in [0, 0.05) is 45.0 Å². The van der Waals surface area contributed by atoms with Crippen molar-refractivity contribution in [3.8, 4) is 0 Å². The fourth-order valence-corrected chi connectivity index (χ4v) is 5.05. The highest BCUT2D eigenvalue weighted by atomic mass is 19.1. The number of para-hydroxylation sites is 1. The normalized spacial score (nSPS) is 18.9. The van der Waals surface area contributed by atoms with Gasteiger partial charge in [-0.05, 0) is 43.0 Å². The number of likely N-dealkylation sites (N-methyl/N-ethyl adjacent to an activating group) is 1. The molecule has 1 N–H and O–H groups in total. The summed E-state index contributed by atoms with van der Waals surface area (Å²) in [6.07, 6.45) is 0. The van der Waals surface area contributed by atoms with Crippen molar-refractivity contribution in [3.05, 3.63) is 76.7 Å². The molecule has 2 aromatic rings. The number of nitrogens with zero attached hydrogens (tertiary/aromatic N) is 3. The summed E-state index contributed by atoms with van der Waals surface area (Å²) in [5, 5.41) is 3.03. The van der Waals surface area contributed by atoms with Crippen LogP contribution in [-0.4, -0.2) is 67.7 Å². The molecule has 2 heterocycles. The Morgan fingerprint density at radius 2 is 1.73 bits per heavy atom. The molecule has 0 spiro atoms. The van der Waals surface area contributed by atoms with Crippen LogP contribution in [0.25, 0.3) is 0 Å². The minimum absolute atomic E-state index is 0.226. The molecule has 2 aliphatic rings. The average Bonchev–Trinajstić information content (AvgIpc) is 2.89. The van der Waals surface area contributed by atoms with Gasteiger partial charge in [-0.2, -0.15) is 0 Å². The van der Waals surface area contributed by atoms with Crippen molar-refractivity contribution in [2.75, 3.05) is 50.8 Å². The lowest BCUT2D eigenvalue weighted by atomic mass is 9.92. The molecule has 37 heavy (non-hydrogen) atoms. The fourth-order valence-electron chi connectivity index (χ4n) is 5.05. The largest absolute Gasteiger partial charge is 0.463 e. The molecule has 2 aliphatic heterocycles. The molecule has 198 valence electrons. The van der Waals surface area contributed by atoms with E-state index in [0.717, 1.165) is 5.56 Å². The van der Waals surface area contributed by atoms with Gasteiger partial charge in [-0.25, -0.2) is 14.0 Å². The second-order valence-electron chi connectivity index (χ2n) is 9.74. The van der Waals surface area contributed by atoms with Crippen LogP contribution < -0.4 is 10.2 Å². The van der Waals surface area contributed by atoms with Gasteiger partial charge in [0.15, 0.2) is 0 Å². The molecule has 0 saturated carbocycles. The maximum absolute atomic E-state index is 14.3. The molecule has 1 atom stereocenters. The number of ether oxygens (including phenoxy) is 1. The lowest BCUT2D eigenvalue weighted by Gasteiger charge is -2.41. The number of anilines is 1. The first kappa shape index (κ1) is 26.7. The van der Waals surface area contributed by atoms with Crippen LogP contribution in [0.1, 0.15) is 50.8 Å². The van der Waals surface area contributed by atoms with Gasteiger partial charge < -0.3 is 15.0 Å². The van der Waals surface area contributed by atoms with Crippen molar-refractivity contribution >= 4 is 17.7 Å². The number of rotatable bonds is 8. The van der Waals surface area contributed by atoms with Gasteiger partial charge in [0.05, 0.1) is 23.9 Å². The molecule has 0 radical (unpaired) electrons. The van der Waals surface area contributed by atoms with Crippen LogP contribution in [0.3, 0.4) is 0 Å². The fraction of sp³-hybridized carbons (Fsp3) is 0.448. The molecule has 0 unspecified atom stereocenters. The van der Waals surface area contributed by atoms with E-state index >= 15 is 0 Å². The zero-order valence-corrected chi connectivity index (χ0v) is 22.2. The summed E-state index contributed by atoms with van der Waals surface area (Å²) in [6, 6.07) is 14.0. The Morgan fingerprint density at radius 3 is 2.32 bits per heavy atom. The van der Waals surface area contributed by atoms with E-state index in [0.29, 0.717) is 62.1 Å². The van der Waals surface area contributed by atoms with Crippen molar-refractivity contribution < 1.29 is 18.7 Å². The van der Waals surface area contributed by atoms with Crippen LogP contribution in [-0.2, 0) is 9.53 Å². The molecule has 0 aliphatic carbocycles. The first-order chi connectivity index (χ1) is 17.8. The van der Waals surface area contributed by atoms with Gasteiger partial charge in [-0.3, -0.25) is 9.80 Å². The van der Waals surface area contributed by atoms with Crippen LogP contribution in [0.5, 0.6) is 0 Å². The number of hydrogen-bond donors (Lipinski definition) is 1. The van der Waals surface area contributed by atoms with E-state index in [1.165, 1.54) is 11.6 Å². The van der Waals surface area contributed by atoms with E-state index in [1.807, 2.05) is 42.2 Å². The number of carbonyl (C=O) groups is 2. The minimum atomic E-state index is -0.592. The minimum Gasteiger partial charge on any atom is -0.463 e. The van der Waals surface area contributed by atoms with E-state index in [-0.39, 0.29) is 18.5 Å². The van der Waals surface area contributed by atoms with Gasteiger partial charge in [0.25, 0.3) is 0 Å². The molecule has 1 fully saturated rings. The molecular formula is C29H37FN4O3. The Hall–Kier alpha value is -3.39. The van der Waals surface area contributed by atoms with E-state index in [4.69, 9.17) is 4.74 Å². The standard InChI is InChI=1S/C29H37FN4O3/c1-5-34-25(19-32-15-17-33(18-16-32)24-10-8-7-9-23(24)30)26(28(35)37-6-2)27(31-29(34)36)22-13-11-21(12-14-22)20(3)4/h7-14,20,27H,5-6,15-19H2,1-4H3,(H,31,36)/t27-/m0/s1. The molecule has 2 aromatic carbocycles. The van der Waals surface area contributed by atoms with E-state index in [1.54, 1.807) is 24.0 Å². The van der Waals surface area contributed by atoms with Gasteiger partial charge in [0.1, 0.15) is 5.82 Å². The Labute approximate surface area is 218 Å². The lowest BCUT2D eigenvalue weighted by Crippen LogP contribution is -2.53. The van der Waals surface area contributed by atoms with Gasteiger partial charge in [-0.1, -0.05) is 50.2 Å². The second kappa shape index (κ2) is 11.8. The highest BCUT2D eigenvalue weighted by Crippen LogP contribution is 2.33. The number of halogens is 1. The van der Waals surface area contributed by atoms with E-state index in [9.17, 15) is 14.0 Å². The highest BCUT2D eigenvalue weighted by Gasteiger charge is 2.38. The zero-order valence-electron chi connectivity index (χ0n) is 22.2. The third kappa shape index (κ3) is 5.80. The number of amides is 2. The molecule has 0 bridgehead atoms. The molecular weight excluding hydrogens is 471 g/mol. The summed E-state index contributed by atoms with van der Waals surface area (Å²) in [5.41, 5.74) is 3.78. The number of carbonyl (C=O) groups excluding carboxylic acids is 2. The predicted molar refractivity (Wildman–Crippen MR) is 143 cm³/mol. The summed E-state index contributed by atoms with van der Waals surface area (Å²) in [4.78, 5) is 32.4. The monoisotopic (exact) mass is 508 g/mol. The number of benzene rings is 2. The molecule has 7 nitrogen and oxygen atoms in total. The van der Waals surface area contributed by atoms with Crippen LogP contribution in [0, 0.1) is 5.82 Å². The third-order valence-corrected chi connectivity index (χ3v) is 7.13. The second-order valence-corrected chi connectivity index (χ2v) is 9.74. The van der Waals surface area contributed by atoms with Gasteiger partial charge in [0.2, 0.25) is 0 Å². The Bertz CT molecular complexity index is 1140. The smallest absolute Gasteiger partial charge is 0.338 e. The number of urea groups is 1. The molecule has 0 aromatic heterocycles. The lowest BCUT2D eigenvalue weighted by molar-refractivity contribution is -0.139. The van der Waals surface area contributed by atoms with Crippen molar-refractivity contribution in [3.63, 3.8) is 0 Å². The number of hydrogen-bond acceptors (Lipinski definition) is 5. The van der Waals surface area contributed by atoms with Gasteiger partial charge in [-0.15, -0.1) is 0 Å². The molecule has 1 saturated heterocycles. The van der Waals surface area contributed by atoms with Crippen LogP contribution >= 0.6 is 0 Å². The number of nitrogens with one attached hydrogen (secondary N) is 1. The van der Waals surface area contributed by atoms with E-state index < -0.39 is 12.0 Å². The average molecular weight is 509 g/mol. The number of piperazine rings is 1. The first-order valence-corrected chi connectivity index (χ1v) is 13.1. The SMILES string of the molecule is CCOC(=O)C1=C(CN2CCN(c3ccccc3F)CC2)N(CC)C(=O)N[C@H]1c1ccc(C(C)C)cc1. The Kier molecular flexibility index (Phi) is 8.48. The summed E-state index contributed by atoms with van der Waals surface area (Å²) in [6.45, 7) is 11.7. The Balaban J connectivity index is 1.64. The molecule has 2 amide bonds. The summed E-state index contributed by atoms with van der Waals surface area (Å²) in [5.74, 6) is -0.265. The van der Waals surface area contributed by atoms with Crippen molar-refractivity contribution in [1.82, 2.24) is 15.1 Å². The number of esters is 1. The van der Waals surface area contributed by atoms with E-state index in [2.05, 4.69) is 24.1 Å². The van der Waals surface area contributed by atoms with Crippen LogP contribution in [0.15, 0.2) is 59.8 Å². The summed E-state index contributed by atoms with van der Waals surface area (Å²) < 4.78 is 19.8. The quantitative estimate of drug-likeness (QED) is 0.525. The predicted octanol–water partition coefficient (Wildman–Crippen LogP) is 4.67. The third-order valence-electron chi connectivity index (χ3n) is 7.13. The van der Waals surface area contributed by atoms with Crippen molar-refractivity contribution in [2.45, 2.75) is 39.7 Å². The van der Waals surface area contributed by atoms with Crippen LogP contribution in [0.2, 0.25) is 0 Å². The molecule has 8 heteroatoms. The zero-order chi connectivity index (χ0) is 26.5. The topological polar surface area (TPSA) is 65.1 Å². The maximum Gasteiger partial charge on any atom is 0.338 e. The molecule has 4 rings (SSSR count). The van der Waals surface area contributed by atoms with Crippen molar-refractivity contribution in [2.24, 2.45) is 0 Å². The Morgan fingerprint density at radius 1 is 1.05 bits per heavy atom. The highest BCUT2D eigenvalue weighted by molar-refractivity contribution is 5.95. The van der Waals surface area contributed by atoms with Crippen LogP contribution in [0.4, 0.5) is 14.9 Å². The first-order valence-electron chi connectivity index (χ1n) is 13.1. The summed E-state index contributed by atoms with van der Waals surface area (Å²) >= 11 is 0. The maximum atomic E-state index is 14.3. The summed E-state index contributed by atoms with van der Waals surface area (Å²) in [7, 11) is 0.